The predicted octanol–water partition coefficient (Wildman–Crippen LogP) is 0.593. The van der Waals surface area contributed by atoms with Gasteiger partial charge in [0.05, 0.1) is 0 Å². The molecule has 2 heterocycles. The molecule has 0 radical (unpaired) electrons. The Morgan fingerprint density at radius 2 is 1.86 bits per heavy atom. The lowest BCUT2D eigenvalue weighted by Gasteiger charge is -2.10. The minimum absolute atomic E-state index is 0.0988. The molecule has 0 fully saturated rings. The molecule has 0 atom stereocenters. The van der Waals surface area contributed by atoms with Crippen LogP contribution in [0.25, 0.3) is 22.9 Å². The van der Waals surface area contributed by atoms with Crippen molar-refractivity contribution < 1.29 is 0 Å². The zero-order valence-electron chi connectivity index (χ0n) is 11.6. The van der Waals surface area contributed by atoms with E-state index in [1.807, 2.05) is 24.3 Å². The largest absolute Gasteiger partial charge is 0.349 e. The highest BCUT2D eigenvalue weighted by molar-refractivity contribution is 5.59. The molecule has 1 N–H and O–H groups in total. The van der Waals surface area contributed by atoms with Crippen LogP contribution in [0, 0.1) is 0 Å². The Kier molecular flexibility index (Phi) is 3.09. The number of aromatic nitrogens is 5. The van der Waals surface area contributed by atoms with Crippen molar-refractivity contribution in [2.75, 3.05) is 0 Å². The fourth-order valence-corrected chi connectivity index (χ4v) is 2.09. The maximum Gasteiger partial charge on any atom is 0.349 e. The van der Waals surface area contributed by atoms with Crippen LogP contribution in [-0.4, -0.2) is 24.7 Å². The van der Waals surface area contributed by atoms with Gasteiger partial charge in [0.2, 0.25) is 0 Å². The van der Waals surface area contributed by atoms with E-state index in [1.54, 1.807) is 7.05 Å². The van der Waals surface area contributed by atoms with Gasteiger partial charge >= 0.3 is 5.69 Å². The first kappa shape index (κ1) is 13.2. The molecule has 0 aliphatic carbocycles. The highest BCUT2D eigenvalue weighted by Gasteiger charge is 2.17. The van der Waals surface area contributed by atoms with Crippen LogP contribution >= 0.6 is 0 Å². The number of rotatable bonds is 2. The molecule has 0 bridgehead atoms. The average molecular weight is 283 g/mol. The van der Waals surface area contributed by atoms with Crippen molar-refractivity contribution in [3.05, 3.63) is 50.7 Å². The minimum Gasteiger partial charge on any atom is -0.271 e. The number of fused-ring (bicyclic) bond motifs is 1. The Balaban J connectivity index is 2.22. The van der Waals surface area contributed by atoms with E-state index in [-0.39, 0.29) is 11.5 Å². The maximum atomic E-state index is 11.8. The number of hydrogen-bond donors (Lipinski definition) is 1. The SMILES string of the molecule is CCc1ccc(-c2nc3c(=O)[nH]c(=O)nc-3n(C)n2)cc1. The molecule has 7 heteroatoms. The molecule has 0 saturated carbocycles. The predicted molar refractivity (Wildman–Crippen MR) is 77.1 cm³/mol. The first-order chi connectivity index (χ1) is 10.1. The third-order valence-electron chi connectivity index (χ3n) is 3.24. The Morgan fingerprint density at radius 1 is 1.14 bits per heavy atom. The van der Waals surface area contributed by atoms with Crippen LogP contribution in [0.3, 0.4) is 0 Å². The Morgan fingerprint density at radius 3 is 2.52 bits per heavy atom. The molecule has 0 saturated heterocycles. The summed E-state index contributed by atoms with van der Waals surface area (Å²) in [4.78, 5) is 33.1. The Bertz CT molecular complexity index is 879. The van der Waals surface area contributed by atoms with Gasteiger partial charge in [-0.2, -0.15) is 10.1 Å². The number of nitrogens with zero attached hydrogens (tertiary/aromatic N) is 4. The lowest BCUT2D eigenvalue weighted by atomic mass is 10.1. The van der Waals surface area contributed by atoms with Gasteiger partial charge in [0.1, 0.15) is 0 Å². The van der Waals surface area contributed by atoms with Gasteiger partial charge in [-0.05, 0) is 12.0 Å². The summed E-state index contributed by atoms with van der Waals surface area (Å²) in [6, 6.07) is 7.80. The molecule has 106 valence electrons. The second-order valence-electron chi connectivity index (χ2n) is 4.65. The number of H-pyrrole nitrogens is 1. The van der Waals surface area contributed by atoms with E-state index >= 15 is 0 Å². The van der Waals surface area contributed by atoms with E-state index in [4.69, 9.17) is 0 Å². The van der Waals surface area contributed by atoms with Crippen LogP contribution in [-0.2, 0) is 13.5 Å². The monoisotopic (exact) mass is 283 g/mol. The zero-order valence-corrected chi connectivity index (χ0v) is 11.6. The summed E-state index contributed by atoms with van der Waals surface area (Å²) in [7, 11) is 1.62. The molecule has 1 aromatic rings. The zero-order chi connectivity index (χ0) is 15.0. The van der Waals surface area contributed by atoms with E-state index in [2.05, 4.69) is 27.0 Å². The number of aromatic amines is 1. The summed E-state index contributed by atoms with van der Waals surface area (Å²) in [6.45, 7) is 2.08. The Labute approximate surface area is 119 Å². The second-order valence-corrected chi connectivity index (χ2v) is 4.65. The van der Waals surface area contributed by atoms with Gasteiger partial charge in [0.15, 0.2) is 17.3 Å². The van der Waals surface area contributed by atoms with Crippen LogP contribution in [0.2, 0.25) is 0 Å². The second kappa shape index (κ2) is 4.93. The quantitative estimate of drug-likeness (QED) is 0.743. The third-order valence-corrected chi connectivity index (χ3v) is 3.24. The lowest BCUT2D eigenvalue weighted by Crippen LogP contribution is -2.29. The van der Waals surface area contributed by atoms with Crippen LogP contribution in [0.15, 0.2) is 33.9 Å². The van der Waals surface area contributed by atoms with Gasteiger partial charge in [0, 0.05) is 12.6 Å². The van der Waals surface area contributed by atoms with E-state index in [1.165, 1.54) is 10.2 Å². The molecule has 0 amide bonds. The molecule has 3 rings (SSSR count). The highest BCUT2D eigenvalue weighted by Crippen LogP contribution is 2.18. The normalized spacial score (nSPS) is 11.0. The fraction of sp³-hybridized carbons (Fsp3) is 0.214. The number of nitrogens with one attached hydrogen (secondary N) is 1. The smallest absolute Gasteiger partial charge is 0.271 e. The van der Waals surface area contributed by atoms with Crippen molar-refractivity contribution in [1.82, 2.24) is 24.7 Å². The molecule has 2 aliphatic heterocycles. The first-order valence-corrected chi connectivity index (χ1v) is 6.53. The van der Waals surface area contributed by atoms with Crippen molar-refractivity contribution in [3.8, 4) is 22.9 Å². The number of hydrogen-bond acceptors (Lipinski definition) is 5. The molecule has 0 aromatic heterocycles. The Hall–Kier alpha value is -2.83. The summed E-state index contributed by atoms with van der Waals surface area (Å²) in [5.41, 5.74) is 0.845. The highest BCUT2D eigenvalue weighted by atomic mass is 16.2. The summed E-state index contributed by atoms with van der Waals surface area (Å²) in [5, 5.41) is 4.26. The minimum atomic E-state index is -0.702. The van der Waals surface area contributed by atoms with Crippen molar-refractivity contribution in [1.29, 1.82) is 0 Å². The van der Waals surface area contributed by atoms with E-state index < -0.39 is 11.2 Å². The molecule has 2 aliphatic rings. The summed E-state index contributed by atoms with van der Waals surface area (Å²) in [5.74, 6) is 0.580. The maximum absolute atomic E-state index is 11.8. The van der Waals surface area contributed by atoms with Crippen molar-refractivity contribution in [2.24, 2.45) is 7.05 Å². The van der Waals surface area contributed by atoms with Gasteiger partial charge in [-0.25, -0.2) is 14.5 Å². The first-order valence-electron chi connectivity index (χ1n) is 6.53. The van der Waals surface area contributed by atoms with Gasteiger partial charge in [-0.3, -0.25) is 9.78 Å². The fourth-order valence-electron chi connectivity index (χ4n) is 2.09. The molecular weight excluding hydrogens is 270 g/mol. The van der Waals surface area contributed by atoms with Gasteiger partial charge in [-0.15, -0.1) is 0 Å². The lowest BCUT2D eigenvalue weighted by molar-refractivity contribution is 0.705. The van der Waals surface area contributed by atoms with E-state index in [0.717, 1.165) is 12.0 Å². The van der Waals surface area contributed by atoms with Crippen LogP contribution in [0.4, 0.5) is 0 Å². The molecule has 0 unspecified atom stereocenters. The summed E-state index contributed by atoms with van der Waals surface area (Å²) in [6.07, 6.45) is 0.947. The van der Waals surface area contributed by atoms with E-state index in [0.29, 0.717) is 5.82 Å². The van der Waals surface area contributed by atoms with Crippen molar-refractivity contribution in [2.45, 2.75) is 13.3 Å². The molecule has 21 heavy (non-hydrogen) atoms. The van der Waals surface area contributed by atoms with Crippen LogP contribution < -0.4 is 11.2 Å². The van der Waals surface area contributed by atoms with Gasteiger partial charge < -0.3 is 0 Å². The molecule has 7 nitrogen and oxygen atoms in total. The van der Waals surface area contributed by atoms with Crippen molar-refractivity contribution in [3.63, 3.8) is 0 Å². The van der Waals surface area contributed by atoms with Crippen molar-refractivity contribution >= 4 is 0 Å². The number of aryl methyl sites for hydroxylation is 2. The van der Waals surface area contributed by atoms with E-state index in [9.17, 15) is 9.59 Å². The topological polar surface area (TPSA) is 93.5 Å². The van der Waals surface area contributed by atoms with Crippen LogP contribution in [0.1, 0.15) is 12.5 Å². The number of benzene rings is 1. The molecule has 0 spiro atoms. The third kappa shape index (κ3) is 2.33. The average Bonchev–Trinajstić information content (AvgIpc) is 2.48. The van der Waals surface area contributed by atoms with Crippen LogP contribution in [0.5, 0.6) is 0 Å². The molecule has 1 aromatic carbocycles. The standard InChI is InChI=1S/C14H13N5O2/c1-3-8-4-6-9(7-5-8)11-15-10-12(19(2)18-11)16-14(21)17-13(10)20/h4-7H,3H2,1-2H3,(H,17,20,21). The summed E-state index contributed by atoms with van der Waals surface area (Å²) >= 11 is 0. The summed E-state index contributed by atoms with van der Waals surface area (Å²) < 4.78 is 1.39. The van der Waals surface area contributed by atoms with Gasteiger partial charge in [0.25, 0.3) is 5.56 Å². The van der Waals surface area contributed by atoms with Gasteiger partial charge in [-0.1, -0.05) is 31.2 Å². The molecular formula is C14H13N5O2.